The van der Waals surface area contributed by atoms with Gasteiger partial charge >= 0.3 is 6.36 Å². The highest BCUT2D eigenvalue weighted by Crippen LogP contribution is 2.29. The van der Waals surface area contributed by atoms with Gasteiger partial charge in [-0.05, 0) is 25.0 Å². The van der Waals surface area contributed by atoms with E-state index in [0.29, 0.717) is 13.0 Å². The predicted octanol–water partition coefficient (Wildman–Crippen LogP) is 0.529. The minimum absolute atomic E-state index is 0.264. The summed E-state index contributed by atoms with van der Waals surface area (Å²) < 4.78 is 40.9. The minimum atomic E-state index is -4.82. The van der Waals surface area contributed by atoms with Gasteiger partial charge in [0.25, 0.3) is 0 Å². The van der Waals surface area contributed by atoms with Crippen LogP contribution in [0.15, 0.2) is 24.3 Å². The molecule has 2 heterocycles. The SMILES string of the molecule is O=C(NC1CCN(c2cccc(OC(F)(F)F)c2)C1=O)C1CC(O)CN1. The molecule has 0 saturated carbocycles. The molecule has 1 aromatic carbocycles. The number of rotatable bonds is 4. The van der Waals surface area contributed by atoms with Crippen molar-refractivity contribution in [2.45, 2.75) is 37.4 Å². The van der Waals surface area contributed by atoms with Crippen molar-refractivity contribution in [2.75, 3.05) is 18.0 Å². The molecule has 2 saturated heterocycles. The average Bonchev–Trinajstić information content (AvgIpc) is 3.13. The largest absolute Gasteiger partial charge is 0.573 e. The maximum atomic E-state index is 12.5. The van der Waals surface area contributed by atoms with Crippen LogP contribution < -0.4 is 20.3 Å². The molecular formula is C16H18F3N3O4. The van der Waals surface area contributed by atoms with Crippen LogP contribution in [-0.2, 0) is 9.59 Å². The van der Waals surface area contributed by atoms with Gasteiger partial charge in [0.1, 0.15) is 11.8 Å². The second kappa shape index (κ2) is 7.12. The molecule has 0 radical (unpaired) electrons. The number of halogens is 3. The summed E-state index contributed by atoms with van der Waals surface area (Å²) in [6.07, 6.45) is -4.81. The summed E-state index contributed by atoms with van der Waals surface area (Å²) in [5.41, 5.74) is 0.267. The zero-order chi connectivity index (χ0) is 18.9. The number of ether oxygens (including phenoxy) is 1. The van der Waals surface area contributed by atoms with Crippen LogP contribution >= 0.6 is 0 Å². The van der Waals surface area contributed by atoms with Crippen LogP contribution in [0.2, 0.25) is 0 Å². The van der Waals surface area contributed by atoms with Crippen molar-refractivity contribution in [3.05, 3.63) is 24.3 Å². The first-order valence-electron chi connectivity index (χ1n) is 8.12. The molecule has 142 valence electrons. The molecule has 2 aliphatic rings. The van der Waals surface area contributed by atoms with Crippen LogP contribution in [0.3, 0.4) is 0 Å². The van der Waals surface area contributed by atoms with E-state index in [9.17, 15) is 27.9 Å². The number of aliphatic hydroxyl groups excluding tert-OH is 1. The van der Waals surface area contributed by atoms with Crippen LogP contribution in [0.5, 0.6) is 5.75 Å². The van der Waals surface area contributed by atoms with Gasteiger partial charge in [-0.25, -0.2) is 0 Å². The number of β-amino-alcohol motifs (C(OH)–C–C–N with tert-alkyl or cyclic N) is 1. The van der Waals surface area contributed by atoms with Crippen molar-refractivity contribution < 1.29 is 32.6 Å². The molecule has 2 amide bonds. The van der Waals surface area contributed by atoms with Gasteiger partial charge < -0.3 is 25.4 Å². The van der Waals surface area contributed by atoms with Gasteiger partial charge in [-0.15, -0.1) is 13.2 Å². The number of anilines is 1. The molecule has 3 atom stereocenters. The molecule has 3 N–H and O–H groups in total. The van der Waals surface area contributed by atoms with Gasteiger partial charge in [-0.2, -0.15) is 0 Å². The first-order valence-corrected chi connectivity index (χ1v) is 8.12. The zero-order valence-electron chi connectivity index (χ0n) is 13.6. The first kappa shape index (κ1) is 18.5. The van der Waals surface area contributed by atoms with Gasteiger partial charge in [0.15, 0.2) is 0 Å². The first-order chi connectivity index (χ1) is 12.2. The van der Waals surface area contributed by atoms with Crippen molar-refractivity contribution >= 4 is 17.5 Å². The van der Waals surface area contributed by atoms with Gasteiger partial charge in [0.05, 0.1) is 12.1 Å². The molecule has 2 fully saturated rings. The van der Waals surface area contributed by atoms with E-state index in [1.807, 2.05) is 0 Å². The van der Waals surface area contributed by atoms with E-state index in [4.69, 9.17) is 0 Å². The number of amides is 2. The Morgan fingerprint density at radius 1 is 1.38 bits per heavy atom. The summed E-state index contributed by atoms with van der Waals surface area (Å²) >= 11 is 0. The molecule has 0 aliphatic carbocycles. The summed E-state index contributed by atoms with van der Waals surface area (Å²) in [4.78, 5) is 26.0. The Morgan fingerprint density at radius 2 is 2.15 bits per heavy atom. The van der Waals surface area contributed by atoms with Crippen molar-refractivity contribution in [1.82, 2.24) is 10.6 Å². The number of carbonyl (C=O) groups excluding carboxylic acids is 2. The molecule has 26 heavy (non-hydrogen) atoms. The number of hydrogen-bond acceptors (Lipinski definition) is 5. The monoisotopic (exact) mass is 373 g/mol. The lowest BCUT2D eigenvalue weighted by atomic mass is 10.1. The fourth-order valence-electron chi connectivity index (χ4n) is 3.11. The quantitative estimate of drug-likeness (QED) is 0.716. The number of hydrogen-bond donors (Lipinski definition) is 3. The topological polar surface area (TPSA) is 90.9 Å². The molecule has 3 unspecified atom stereocenters. The molecule has 0 aromatic heterocycles. The smallest absolute Gasteiger partial charge is 0.406 e. The summed E-state index contributed by atoms with van der Waals surface area (Å²) in [6, 6.07) is 3.82. The van der Waals surface area contributed by atoms with Crippen LogP contribution in [0.4, 0.5) is 18.9 Å². The molecule has 10 heteroatoms. The van der Waals surface area contributed by atoms with E-state index in [1.54, 1.807) is 0 Å². The lowest BCUT2D eigenvalue weighted by Gasteiger charge is -2.19. The minimum Gasteiger partial charge on any atom is -0.406 e. The highest BCUT2D eigenvalue weighted by molar-refractivity contribution is 6.01. The Labute approximate surface area is 147 Å². The van der Waals surface area contributed by atoms with Gasteiger partial charge in [0.2, 0.25) is 11.8 Å². The van der Waals surface area contributed by atoms with Crippen molar-refractivity contribution in [2.24, 2.45) is 0 Å². The van der Waals surface area contributed by atoms with E-state index in [2.05, 4.69) is 15.4 Å². The number of benzene rings is 1. The van der Waals surface area contributed by atoms with Crippen LogP contribution in [0.1, 0.15) is 12.8 Å². The zero-order valence-corrected chi connectivity index (χ0v) is 13.6. The van der Waals surface area contributed by atoms with E-state index >= 15 is 0 Å². The third kappa shape index (κ3) is 4.25. The molecule has 2 aliphatic heterocycles. The van der Waals surface area contributed by atoms with E-state index < -0.39 is 36.2 Å². The molecule has 3 rings (SSSR count). The van der Waals surface area contributed by atoms with Crippen LogP contribution in [-0.4, -0.2) is 54.6 Å². The van der Waals surface area contributed by atoms with E-state index in [1.165, 1.54) is 17.0 Å². The Bertz CT molecular complexity index is 698. The molecular weight excluding hydrogens is 355 g/mol. The van der Waals surface area contributed by atoms with Gasteiger partial charge in [-0.3, -0.25) is 9.59 Å². The third-order valence-electron chi connectivity index (χ3n) is 4.31. The van der Waals surface area contributed by atoms with Crippen LogP contribution in [0.25, 0.3) is 0 Å². The highest BCUT2D eigenvalue weighted by Gasteiger charge is 2.37. The van der Waals surface area contributed by atoms with Crippen molar-refractivity contribution in [3.63, 3.8) is 0 Å². The summed E-state index contributed by atoms with van der Waals surface area (Å²) in [5, 5.41) is 14.9. The predicted molar refractivity (Wildman–Crippen MR) is 84.4 cm³/mol. The molecule has 7 nitrogen and oxygen atoms in total. The highest BCUT2D eigenvalue weighted by atomic mass is 19.4. The van der Waals surface area contributed by atoms with E-state index in [0.717, 1.165) is 12.1 Å². The van der Waals surface area contributed by atoms with Crippen LogP contribution in [0, 0.1) is 0 Å². The molecule has 0 bridgehead atoms. The lowest BCUT2D eigenvalue weighted by Crippen LogP contribution is -2.48. The standard InChI is InChI=1S/C16H18F3N3O4/c17-16(18,19)26-11-3-1-2-9(6-11)22-5-4-12(15(22)25)21-14(24)13-7-10(23)8-20-13/h1-3,6,10,12-13,20,23H,4-5,7-8H2,(H,21,24). The molecule has 1 aromatic rings. The number of aliphatic hydroxyl groups is 1. The van der Waals surface area contributed by atoms with Crippen molar-refractivity contribution in [3.8, 4) is 5.75 Å². The van der Waals surface area contributed by atoms with Crippen molar-refractivity contribution in [1.29, 1.82) is 0 Å². The van der Waals surface area contributed by atoms with Gasteiger partial charge in [-0.1, -0.05) is 6.07 Å². The Hall–Kier alpha value is -2.33. The maximum Gasteiger partial charge on any atom is 0.573 e. The fourth-order valence-corrected chi connectivity index (χ4v) is 3.11. The second-order valence-corrected chi connectivity index (χ2v) is 6.24. The average molecular weight is 373 g/mol. The Balaban J connectivity index is 1.64. The number of nitrogens with zero attached hydrogens (tertiary/aromatic N) is 1. The number of nitrogens with one attached hydrogen (secondary N) is 2. The second-order valence-electron chi connectivity index (χ2n) is 6.24. The normalized spacial score (nSPS) is 26.2. The number of alkyl halides is 3. The summed E-state index contributed by atoms with van der Waals surface area (Å²) in [7, 11) is 0. The third-order valence-corrected chi connectivity index (χ3v) is 4.31. The fraction of sp³-hybridized carbons (Fsp3) is 0.500. The number of carbonyl (C=O) groups is 2. The summed E-state index contributed by atoms with van der Waals surface area (Å²) in [5.74, 6) is -1.20. The maximum absolute atomic E-state index is 12.5. The Morgan fingerprint density at radius 3 is 2.81 bits per heavy atom. The molecule has 0 spiro atoms. The van der Waals surface area contributed by atoms with Gasteiger partial charge in [0, 0.05) is 24.8 Å². The summed E-state index contributed by atoms with van der Waals surface area (Å²) in [6.45, 7) is 0.578. The van der Waals surface area contributed by atoms with E-state index in [-0.39, 0.29) is 24.6 Å². The lowest BCUT2D eigenvalue weighted by molar-refractivity contribution is -0.274. The Kier molecular flexibility index (Phi) is 5.05.